The summed E-state index contributed by atoms with van der Waals surface area (Å²) in [6, 6.07) is 22.2. The number of hydrogen-bond donors (Lipinski definition) is 2. The Kier molecular flexibility index (Phi) is 5.51. The highest BCUT2D eigenvalue weighted by atomic mass is 32.1. The summed E-state index contributed by atoms with van der Waals surface area (Å²) >= 11 is 1.04. The number of nitrogens with one attached hydrogen (secondary N) is 1. The third-order valence-corrected chi connectivity index (χ3v) is 5.12. The van der Waals surface area contributed by atoms with E-state index in [0.29, 0.717) is 27.8 Å². The van der Waals surface area contributed by atoms with Gasteiger partial charge in [-0.1, -0.05) is 66.7 Å². The Morgan fingerprint density at radius 3 is 2.17 bits per heavy atom. The summed E-state index contributed by atoms with van der Waals surface area (Å²) in [6.45, 7) is -0.561. The van der Waals surface area contributed by atoms with Crippen molar-refractivity contribution >= 4 is 40.3 Å². The van der Waals surface area contributed by atoms with E-state index < -0.39 is 24.1 Å². The van der Waals surface area contributed by atoms with E-state index in [1.165, 1.54) is 0 Å². The van der Waals surface area contributed by atoms with Gasteiger partial charge in [-0.15, -0.1) is 0 Å². The third kappa shape index (κ3) is 3.78. The largest absolute Gasteiger partial charge is 0.453 e. The summed E-state index contributed by atoms with van der Waals surface area (Å²) in [5, 5.41) is 14.0. The van der Waals surface area contributed by atoms with Gasteiger partial charge < -0.3 is 15.2 Å². The summed E-state index contributed by atoms with van der Waals surface area (Å²) in [5.41, 5.74) is 0.356. The number of carbonyl (C=O) groups excluding carboxylic acids is 2. The third-order valence-electron chi connectivity index (χ3n) is 4.57. The van der Waals surface area contributed by atoms with E-state index in [2.05, 4.69) is 14.1 Å². The smallest absolute Gasteiger partial charge is 0.348 e. The van der Waals surface area contributed by atoms with E-state index in [1.807, 2.05) is 0 Å². The minimum atomic E-state index is -2.04. The van der Waals surface area contributed by atoms with Crippen LogP contribution in [0.3, 0.4) is 0 Å². The highest BCUT2D eigenvalue weighted by molar-refractivity contribution is 7.00. The topological polar surface area (TPSA) is 101 Å². The number of benzene rings is 3. The van der Waals surface area contributed by atoms with Crippen LogP contribution < -0.4 is 5.32 Å². The van der Waals surface area contributed by atoms with Gasteiger partial charge in [-0.25, -0.2) is 4.79 Å². The standard InChI is InChI=1S/C22H17N3O4S/c26-19(23-17-12-7-13-18-20(17)25-30-24-18)14-29-21(27)22(28,15-8-3-1-4-9-15)16-10-5-2-6-11-16/h1-13,28H,14H2,(H,23,26). The summed E-state index contributed by atoms with van der Waals surface area (Å²) in [6.07, 6.45) is 0. The molecule has 4 aromatic rings. The SMILES string of the molecule is O=C(COC(=O)C(O)(c1ccccc1)c1ccccc1)Nc1cccc2nsnc12. The van der Waals surface area contributed by atoms with Crippen molar-refractivity contribution in [1.82, 2.24) is 8.75 Å². The van der Waals surface area contributed by atoms with Crippen LogP contribution in [0.5, 0.6) is 0 Å². The van der Waals surface area contributed by atoms with Crippen LogP contribution in [0.4, 0.5) is 5.69 Å². The van der Waals surface area contributed by atoms with Gasteiger partial charge in [0.2, 0.25) is 5.60 Å². The Balaban J connectivity index is 1.52. The van der Waals surface area contributed by atoms with Crippen molar-refractivity contribution in [3.05, 3.63) is 90.0 Å². The van der Waals surface area contributed by atoms with Gasteiger partial charge in [-0.05, 0) is 23.3 Å². The first-order chi connectivity index (χ1) is 14.6. The molecule has 0 fully saturated rings. The minimum Gasteiger partial charge on any atom is -0.453 e. The zero-order valence-electron chi connectivity index (χ0n) is 15.7. The second kappa shape index (κ2) is 8.40. The number of nitrogens with zero attached hydrogens (tertiary/aromatic N) is 2. The number of hydrogen-bond acceptors (Lipinski definition) is 7. The minimum absolute atomic E-state index is 0.347. The fraction of sp³-hybridized carbons (Fsp3) is 0.0909. The molecule has 150 valence electrons. The van der Waals surface area contributed by atoms with E-state index >= 15 is 0 Å². The number of carbonyl (C=O) groups is 2. The van der Waals surface area contributed by atoms with Crippen LogP contribution in [0.2, 0.25) is 0 Å². The zero-order valence-corrected chi connectivity index (χ0v) is 16.5. The summed E-state index contributed by atoms with van der Waals surface area (Å²) in [4.78, 5) is 25.3. The maximum absolute atomic E-state index is 12.9. The average molecular weight is 419 g/mol. The molecule has 0 aliphatic carbocycles. The van der Waals surface area contributed by atoms with Gasteiger partial charge in [0.1, 0.15) is 11.0 Å². The fourth-order valence-electron chi connectivity index (χ4n) is 3.09. The molecule has 1 aromatic heterocycles. The molecule has 0 bridgehead atoms. The molecule has 30 heavy (non-hydrogen) atoms. The zero-order chi connectivity index (χ0) is 21.0. The summed E-state index contributed by atoms with van der Waals surface area (Å²) in [7, 11) is 0. The van der Waals surface area contributed by atoms with Crippen molar-refractivity contribution in [2.24, 2.45) is 0 Å². The maximum atomic E-state index is 12.9. The molecular weight excluding hydrogens is 402 g/mol. The molecule has 0 saturated heterocycles. The fourth-order valence-corrected chi connectivity index (χ4v) is 3.64. The van der Waals surface area contributed by atoms with Gasteiger partial charge in [0, 0.05) is 0 Å². The molecule has 7 nitrogen and oxygen atoms in total. The lowest BCUT2D eigenvalue weighted by molar-refractivity contribution is -0.163. The summed E-state index contributed by atoms with van der Waals surface area (Å²) in [5.74, 6) is -1.49. The molecule has 0 atom stereocenters. The molecule has 0 saturated carbocycles. The molecule has 4 rings (SSSR count). The van der Waals surface area contributed by atoms with Crippen LogP contribution in [0, 0.1) is 0 Å². The van der Waals surface area contributed by atoms with E-state index in [-0.39, 0.29) is 0 Å². The lowest BCUT2D eigenvalue weighted by atomic mass is 9.86. The molecule has 0 unspecified atom stereocenters. The van der Waals surface area contributed by atoms with E-state index in [9.17, 15) is 14.7 Å². The normalized spacial score (nSPS) is 11.2. The van der Waals surface area contributed by atoms with Crippen LogP contribution in [-0.2, 0) is 19.9 Å². The molecule has 3 aromatic carbocycles. The van der Waals surface area contributed by atoms with Gasteiger partial charge in [0.15, 0.2) is 6.61 Å². The van der Waals surface area contributed by atoms with Crippen molar-refractivity contribution in [3.63, 3.8) is 0 Å². The predicted octanol–water partition coefficient (Wildman–Crippen LogP) is 3.11. The van der Waals surface area contributed by atoms with Crippen molar-refractivity contribution in [2.75, 3.05) is 11.9 Å². The molecule has 0 spiro atoms. The second-order valence-electron chi connectivity index (χ2n) is 6.50. The number of rotatable bonds is 6. The number of fused-ring (bicyclic) bond motifs is 1. The number of esters is 1. The molecule has 1 amide bonds. The van der Waals surface area contributed by atoms with Crippen LogP contribution in [0.1, 0.15) is 11.1 Å². The number of ether oxygens (including phenoxy) is 1. The van der Waals surface area contributed by atoms with Crippen LogP contribution in [-0.4, -0.2) is 32.3 Å². The Morgan fingerprint density at radius 2 is 1.53 bits per heavy atom. The van der Waals surface area contributed by atoms with Gasteiger partial charge in [-0.2, -0.15) is 8.75 Å². The first-order valence-electron chi connectivity index (χ1n) is 9.11. The van der Waals surface area contributed by atoms with Crippen LogP contribution in [0.15, 0.2) is 78.9 Å². The van der Waals surface area contributed by atoms with E-state index in [0.717, 1.165) is 11.7 Å². The Hall–Kier alpha value is -3.62. The van der Waals surface area contributed by atoms with Crippen molar-refractivity contribution in [2.45, 2.75) is 5.60 Å². The number of aliphatic hydroxyl groups is 1. The Bertz CT molecular complexity index is 1140. The van der Waals surface area contributed by atoms with Crippen LogP contribution in [0.25, 0.3) is 11.0 Å². The molecule has 0 radical (unpaired) electrons. The lowest BCUT2D eigenvalue weighted by Crippen LogP contribution is -2.39. The monoisotopic (exact) mass is 419 g/mol. The van der Waals surface area contributed by atoms with Gasteiger partial charge in [-0.3, -0.25) is 4.79 Å². The lowest BCUT2D eigenvalue weighted by Gasteiger charge is -2.26. The van der Waals surface area contributed by atoms with Gasteiger partial charge in [0.05, 0.1) is 17.4 Å². The highest BCUT2D eigenvalue weighted by Gasteiger charge is 2.41. The Morgan fingerprint density at radius 1 is 0.900 bits per heavy atom. The summed E-state index contributed by atoms with van der Waals surface area (Å²) < 4.78 is 13.5. The molecule has 1 heterocycles. The molecule has 0 aliphatic heterocycles. The number of aromatic nitrogens is 2. The second-order valence-corrected chi connectivity index (χ2v) is 7.03. The van der Waals surface area contributed by atoms with Gasteiger partial charge >= 0.3 is 5.97 Å². The predicted molar refractivity (Wildman–Crippen MR) is 113 cm³/mol. The first kappa shape index (κ1) is 19.7. The molecule has 2 N–H and O–H groups in total. The quantitative estimate of drug-likeness (QED) is 0.466. The Labute approximate surface area is 176 Å². The van der Waals surface area contributed by atoms with Crippen molar-refractivity contribution < 1.29 is 19.4 Å². The van der Waals surface area contributed by atoms with Crippen molar-refractivity contribution in [3.8, 4) is 0 Å². The molecule has 8 heteroatoms. The van der Waals surface area contributed by atoms with Crippen LogP contribution >= 0.6 is 11.7 Å². The molecule has 0 aliphatic rings. The molecular formula is C22H17N3O4S. The number of anilines is 1. The van der Waals surface area contributed by atoms with Gasteiger partial charge in [0.25, 0.3) is 5.91 Å². The average Bonchev–Trinajstić information content (AvgIpc) is 3.28. The van der Waals surface area contributed by atoms with E-state index in [1.54, 1.807) is 78.9 Å². The highest BCUT2D eigenvalue weighted by Crippen LogP contribution is 2.31. The maximum Gasteiger partial charge on any atom is 0.348 e. The van der Waals surface area contributed by atoms with Crippen molar-refractivity contribution in [1.29, 1.82) is 0 Å². The first-order valence-corrected chi connectivity index (χ1v) is 9.84. The van der Waals surface area contributed by atoms with E-state index in [4.69, 9.17) is 4.74 Å². The number of amides is 1.